The van der Waals surface area contributed by atoms with Crippen LogP contribution in [0.15, 0.2) is 46.3 Å². The van der Waals surface area contributed by atoms with Crippen LogP contribution in [0.1, 0.15) is 0 Å². The summed E-state index contributed by atoms with van der Waals surface area (Å²) in [5.41, 5.74) is -6.26. The van der Waals surface area contributed by atoms with Crippen molar-refractivity contribution in [3.8, 4) is 0 Å². The summed E-state index contributed by atoms with van der Waals surface area (Å²) >= 11 is 0. The fraction of sp³-hybridized carbons (Fsp3) is 0.286. The smallest absolute Gasteiger partial charge is 0.480 e. The third kappa shape index (κ3) is 3.91. The van der Waals surface area contributed by atoms with Crippen LogP contribution in [0, 0.1) is 52.3 Å². The number of hydrogen-bond acceptors (Lipinski definition) is 12. The Labute approximate surface area is 183 Å². The van der Waals surface area contributed by atoms with E-state index >= 15 is 0 Å². The molecule has 2 rings (SSSR count). The molecule has 0 radical (unpaired) electrons. The number of carboxylic acid groups (broad SMARTS) is 2. The number of allylic oxidation sites excluding steroid dienone is 2. The molecule has 2 aliphatic rings. The number of carbonyl (C=O) groups is 2. The quantitative estimate of drug-likeness (QED) is 0.199. The van der Waals surface area contributed by atoms with Crippen molar-refractivity contribution in [3.05, 3.63) is 86.7 Å². The van der Waals surface area contributed by atoms with E-state index in [1.54, 1.807) is 0 Å². The van der Waals surface area contributed by atoms with E-state index in [2.05, 4.69) is 0 Å². The Morgan fingerprint density at radius 2 is 1.00 bits per heavy atom. The molecule has 2 N–H and O–H groups in total. The highest BCUT2D eigenvalue weighted by Crippen LogP contribution is 2.45. The third-order valence-corrected chi connectivity index (χ3v) is 6.92. The highest BCUT2D eigenvalue weighted by Gasteiger charge is 2.65. The Hall–Kier alpha value is -3.80. The van der Waals surface area contributed by atoms with Gasteiger partial charge in [0.05, 0.1) is 12.2 Å². The average Bonchev–Trinajstić information content (AvgIpc) is 2.70. The lowest BCUT2D eigenvalue weighted by Crippen LogP contribution is -2.54. The van der Waals surface area contributed by atoms with Crippen LogP contribution in [-0.2, 0) is 9.59 Å². The van der Waals surface area contributed by atoms with Crippen molar-refractivity contribution in [1.82, 2.24) is 0 Å². The molecule has 0 saturated heterocycles. The normalized spacial score (nSPS) is 22.9. The number of hydrogen-bond donors (Lipinski definition) is 2. The van der Waals surface area contributed by atoms with Gasteiger partial charge in [-0.3, -0.25) is 50.0 Å². The van der Waals surface area contributed by atoms with Gasteiger partial charge < -0.3 is 10.2 Å². The molecule has 32 heavy (non-hydrogen) atoms. The number of rotatable bonds is 9. The van der Waals surface area contributed by atoms with Crippen LogP contribution >= 0.6 is 21.6 Å². The molecule has 0 spiro atoms. The molecule has 0 aromatic carbocycles. The molecule has 0 aliphatic heterocycles. The van der Waals surface area contributed by atoms with E-state index in [0.717, 1.165) is 24.3 Å². The molecule has 0 heterocycles. The summed E-state index contributed by atoms with van der Waals surface area (Å²) in [7, 11) is 1.42. The van der Waals surface area contributed by atoms with Crippen LogP contribution in [0.4, 0.5) is 0 Å². The standard InChI is InChI=1S/C14H10N4O12S2/c19-11(20)9-5-7(1-3-13(9,15(23)24)16(25)26)31-32-8-2-4-14(17(27)28,18(29)30)10(6-8)12(21)22/h1-6,9-10H,(H,19,20)(H,21,22). The van der Waals surface area contributed by atoms with Gasteiger partial charge in [0.15, 0.2) is 0 Å². The second kappa shape index (κ2) is 8.75. The minimum absolute atomic E-state index is 0.0169. The predicted octanol–water partition coefficient (Wildman–Crippen LogP) is 1.18. The molecule has 0 amide bonds. The monoisotopic (exact) mass is 490 g/mol. The summed E-state index contributed by atoms with van der Waals surface area (Å²) in [5, 5.41) is 63.4. The van der Waals surface area contributed by atoms with Crippen LogP contribution in [-0.4, -0.2) is 53.2 Å². The molecule has 2 atom stereocenters. The lowest BCUT2D eigenvalue weighted by molar-refractivity contribution is -0.786. The van der Waals surface area contributed by atoms with E-state index in [1.807, 2.05) is 0 Å². The Kier molecular flexibility index (Phi) is 6.69. The van der Waals surface area contributed by atoms with Crippen molar-refractivity contribution in [2.45, 2.75) is 11.3 Å². The Morgan fingerprint density at radius 1 is 0.719 bits per heavy atom. The zero-order valence-corrected chi connectivity index (χ0v) is 16.8. The van der Waals surface area contributed by atoms with E-state index in [0.29, 0.717) is 33.7 Å². The minimum Gasteiger partial charge on any atom is -0.480 e. The minimum atomic E-state index is -3.13. The van der Waals surface area contributed by atoms with Gasteiger partial charge in [0.1, 0.15) is 19.7 Å². The Bertz CT molecular complexity index is 938. The summed E-state index contributed by atoms with van der Waals surface area (Å²) in [4.78, 5) is 62.5. The Balaban J connectivity index is 2.31. The van der Waals surface area contributed by atoms with Crippen LogP contribution in [0.3, 0.4) is 0 Å². The van der Waals surface area contributed by atoms with Crippen molar-refractivity contribution in [2.24, 2.45) is 11.8 Å². The summed E-state index contributed by atoms with van der Waals surface area (Å²) in [6.07, 6.45) is 4.41. The predicted molar refractivity (Wildman–Crippen MR) is 105 cm³/mol. The number of nitrogens with zero attached hydrogens (tertiary/aromatic N) is 4. The zero-order valence-electron chi connectivity index (χ0n) is 15.2. The van der Waals surface area contributed by atoms with E-state index in [-0.39, 0.29) is 9.81 Å². The van der Waals surface area contributed by atoms with Crippen LogP contribution < -0.4 is 0 Å². The number of aliphatic carboxylic acids is 2. The lowest BCUT2D eigenvalue weighted by Gasteiger charge is -2.23. The molecule has 0 saturated carbocycles. The summed E-state index contributed by atoms with van der Waals surface area (Å²) < 4.78 is 0. The van der Waals surface area contributed by atoms with Gasteiger partial charge in [-0.25, -0.2) is 0 Å². The summed E-state index contributed by atoms with van der Waals surface area (Å²) in [5.74, 6) is -8.01. The maximum absolute atomic E-state index is 11.4. The van der Waals surface area contributed by atoms with Gasteiger partial charge in [-0.2, -0.15) is 0 Å². The summed E-state index contributed by atoms with van der Waals surface area (Å²) in [6.45, 7) is 0. The first-order valence-electron chi connectivity index (χ1n) is 8.01. The summed E-state index contributed by atoms with van der Waals surface area (Å²) in [6, 6.07) is 0. The molecular weight excluding hydrogens is 480 g/mol. The first-order valence-corrected chi connectivity index (χ1v) is 10.2. The van der Waals surface area contributed by atoms with Gasteiger partial charge in [-0.05, 0) is 24.3 Å². The highest BCUT2D eigenvalue weighted by atomic mass is 33.1. The van der Waals surface area contributed by atoms with Crippen LogP contribution in [0.25, 0.3) is 0 Å². The van der Waals surface area contributed by atoms with Crippen LogP contribution in [0.5, 0.6) is 0 Å². The second-order valence-corrected chi connectivity index (χ2v) is 8.47. The number of carboxylic acids is 2. The van der Waals surface area contributed by atoms with Crippen molar-refractivity contribution < 1.29 is 39.5 Å². The molecule has 2 aliphatic carbocycles. The van der Waals surface area contributed by atoms with E-state index in [1.165, 1.54) is 0 Å². The van der Waals surface area contributed by atoms with Gasteiger partial charge >= 0.3 is 23.3 Å². The largest absolute Gasteiger partial charge is 0.494 e. The van der Waals surface area contributed by atoms with Crippen molar-refractivity contribution >= 4 is 33.5 Å². The molecular formula is C14H10N4O12S2. The van der Waals surface area contributed by atoms with Crippen molar-refractivity contribution in [1.29, 1.82) is 0 Å². The molecule has 0 bridgehead atoms. The topological polar surface area (TPSA) is 247 Å². The third-order valence-electron chi connectivity index (χ3n) is 4.50. The van der Waals surface area contributed by atoms with Gasteiger partial charge in [0.2, 0.25) is 11.8 Å². The fourth-order valence-electron chi connectivity index (χ4n) is 2.85. The molecule has 18 heteroatoms. The van der Waals surface area contributed by atoms with E-state index in [4.69, 9.17) is 0 Å². The van der Waals surface area contributed by atoms with Crippen LogP contribution in [0.2, 0.25) is 0 Å². The van der Waals surface area contributed by atoms with Gasteiger partial charge in [-0.1, -0.05) is 21.6 Å². The van der Waals surface area contributed by atoms with Crippen molar-refractivity contribution in [3.63, 3.8) is 0 Å². The van der Waals surface area contributed by atoms with E-state index < -0.39 is 54.8 Å². The zero-order chi connectivity index (χ0) is 24.4. The molecule has 0 aromatic heterocycles. The maximum Gasteiger partial charge on any atom is 0.494 e. The average molecular weight is 490 g/mol. The maximum atomic E-state index is 11.4. The molecule has 2 unspecified atom stereocenters. The van der Waals surface area contributed by atoms with Gasteiger partial charge in [-0.15, -0.1) is 0 Å². The fourth-order valence-corrected chi connectivity index (χ4v) is 4.91. The first kappa shape index (κ1) is 24.5. The molecule has 0 fully saturated rings. The second-order valence-electron chi connectivity index (χ2n) is 6.20. The highest BCUT2D eigenvalue weighted by molar-refractivity contribution is 8.79. The van der Waals surface area contributed by atoms with Gasteiger partial charge in [0.25, 0.3) is 0 Å². The first-order chi connectivity index (χ1) is 14.8. The number of nitro groups is 4. The SMILES string of the molecule is O=C(O)C1C=C(SSC2=CC(C(=O)O)C([N+](=O)[O-])([N+](=O)[O-])C=C2)C=CC1([N+](=O)[O-])[N+](=O)[O-]. The molecule has 170 valence electrons. The lowest BCUT2D eigenvalue weighted by atomic mass is 9.89. The van der Waals surface area contributed by atoms with Crippen molar-refractivity contribution in [2.75, 3.05) is 0 Å². The van der Waals surface area contributed by atoms with E-state index in [9.17, 15) is 60.3 Å². The molecule has 16 nitrogen and oxygen atoms in total. The molecule has 0 aromatic rings. The Morgan fingerprint density at radius 3 is 1.22 bits per heavy atom. The van der Waals surface area contributed by atoms with Gasteiger partial charge in [0, 0.05) is 9.81 Å².